The Kier molecular flexibility index (Phi) is 8.82. The summed E-state index contributed by atoms with van der Waals surface area (Å²) in [5.74, 6) is 5.01. The zero-order chi connectivity index (χ0) is 25.0. The summed E-state index contributed by atoms with van der Waals surface area (Å²) in [6.07, 6.45) is 13.0. The first-order valence-electron chi connectivity index (χ1n) is 13.8. The monoisotopic (exact) mass is 494 g/mol. The van der Waals surface area contributed by atoms with E-state index in [1.807, 2.05) is 0 Å². The maximum Gasteiger partial charge on any atom is 0.458 e. The topological polar surface area (TPSA) is 0 Å². The molecule has 3 fully saturated rings. The van der Waals surface area contributed by atoms with Crippen molar-refractivity contribution in [3.8, 4) is 11.8 Å². The molecule has 0 atom stereocenters. The molecule has 1 aromatic rings. The van der Waals surface area contributed by atoms with Crippen LogP contribution in [0.4, 0.5) is 22.0 Å². The van der Waals surface area contributed by atoms with Crippen molar-refractivity contribution in [1.82, 2.24) is 0 Å². The molecule has 3 aliphatic carbocycles. The summed E-state index contributed by atoms with van der Waals surface area (Å²) in [6.45, 7) is 2.39. The summed E-state index contributed by atoms with van der Waals surface area (Å²) in [4.78, 5) is 0. The van der Waals surface area contributed by atoms with Gasteiger partial charge in [-0.1, -0.05) is 51.4 Å². The van der Waals surface area contributed by atoms with E-state index < -0.39 is 23.4 Å². The molecule has 0 radical (unpaired) electrons. The van der Waals surface area contributed by atoms with E-state index >= 15 is 0 Å². The molecule has 0 unspecified atom stereocenters. The van der Waals surface area contributed by atoms with Crippen LogP contribution in [0.15, 0.2) is 12.1 Å². The second-order valence-electron chi connectivity index (χ2n) is 11.7. The van der Waals surface area contributed by atoms with E-state index in [4.69, 9.17) is 0 Å². The summed E-state index contributed by atoms with van der Waals surface area (Å²) < 4.78 is 65.4. The van der Waals surface area contributed by atoms with Crippen LogP contribution in [-0.4, -0.2) is 6.18 Å². The Morgan fingerprint density at radius 1 is 0.714 bits per heavy atom. The van der Waals surface area contributed by atoms with Crippen LogP contribution in [0.25, 0.3) is 0 Å². The quantitative estimate of drug-likeness (QED) is 0.282. The molecule has 194 valence electrons. The van der Waals surface area contributed by atoms with Gasteiger partial charge in [0.25, 0.3) is 0 Å². The van der Waals surface area contributed by atoms with Crippen LogP contribution < -0.4 is 0 Å². The van der Waals surface area contributed by atoms with E-state index in [9.17, 15) is 22.0 Å². The lowest BCUT2D eigenvalue weighted by atomic mass is 9.68. The van der Waals surface area contributed by atoms with Crippen LogP contribution in [0.2, 0.25) is 0 Å². The standard InChI is InChI=1S/C30H39F5/c1-20-2-10-23(11-3-20)24-12-6-21(7-13-24)4-5-22-8-14-25(15-9-22)26-18-28(31)27(29(32)19-26)16-17-30(33,34)35/h18-25H,2-15H2,1H3. The van der Waals surface area contributed by atoms with Crippen LogP contribution >= 0.6 is 0 Å². The highest BCUT2D eigenvalue weighted by Gasteiger charge is 2.31. The van der Waals surface area contributed by atoms with E-state index in [0.717, 1.165) is 55.3 Å². The van der Waals surface area contributed by atoms with Crippen molar-refractivity contribution < 1.29 is 22.0 Å². The highest BCUT2D eigenvalue weighted by Crippen LogP contribution is 2.44. The number of halogens is 5. The van der Waals surface area contributed by atoms with E-state index in [1.54, 1.807) is 5.92 Å². The molecule has 0 amide bonds. The molecule has 0 N–H and O–H groups in total. The zero-order valence-corrected chi connectivity index (χ0v) is 20.9. The van der Waals surface area contributed by atoms with Gasteiger partial charge in [0, 0.05) is 5.92 Å². The summed E-state index contributed by atoms with van der Waals surface area (Å²) in [7, 11) is 0. The Hall–Kier alpha value is -1.57. The van der Waals surface area contributed by atoms with Crippen molar-refractivity contribution >= 4 is 0 Å². The summed E-state index contributed by atoms with van der Waals surface area (Å²) in [5.41, 5.74) is -0.251. The lowest BCUT2D eigenvalue weighted by molar-refractivity contribution is -0.0696. The Morgan fingerprint density at radius 2 is 1.17 bits per heavy atom. The molecule has 0 bridgehead atoms. The Morgan fingerprint density at radius 3 is 1.66 bits per heavy atom. The van der Waals surface area contributed by atoms with Gasteiger partial charge < -0.3 is 0 Å². The van der Waals surface area contributed by atoms with Crippen molar-refractivity contribution in [3.05, 3.63) is 34.9 Å². The van der Waals surface area contributed by atoms with Gasteiger partial charge in [0.15, 0.2) is 0 Å². The van der Waals surface area contributed by atoms with Crippen molar-refractivity contribution in [1.29, 1.82) is 0 Å². The third-order valence-electron chi connectivity index (χ3n) is 9.31. The largest absolute Gasteiger partial charge is 0.458 e. The molecular weight excluding hydrogens is 455 g/mol. The first-order valence-corrected chi connectivity index (χ1v) is 13.8. The minimum Gasteiger partial charge on any atom is -0.206 e. The van der Waals surface area contributed by atoms with E-state index in [1.165, 1.54) is 76.3 Å². The van der Waals surface area contributed by atoms with Crippen LogP contribution in [0.5, 0.6) is 0 Å². The third kappa shape index (κ3) is 7.46. The highest BCUT2D eigenvalue weighted by molar-refractivity contribution is 5.40. The molecule has 0 saturated heterocycles. The van der Waals surface area contributed by atoms with Crippen molar-refractivity contribution in [2.75, 3.05) is 0 Å². The Labute approximate surface area is 207 Å². The van der Waals surface area contributed by atoms with Gasteiger partial charge in [-0.05, 0) is 105 Å². The fourth-order valence-corrected chi connectivity index (χ4v) is 7.04. The van der Waals surface area contributed by atoms with Crippen LogP contribution in [0.1, 0.15) is 114 Å². The average Bonchev–Trinajstić information content (AvgIpc) is 2.83. The van der Waals surface area contributed by atoms with E-state index in [-0.39, 0.29) is 5.92 Å². The minimum atomic E-state index is -4.77. The second kappa shape index (κ2) is 11.7. The van der Waals surface area contributed by atoms with Gasteiger partial charge in [-0.15, -0.1) is 0 Å². The smallest absolute Gasteiger partial charge is 0.206 e. The van der Waals surface area contributed by atoms with Crippen molar-refractivity contribution in [2.45, 2.75) is 109 Å². The Balaban J connectivity index is 1.20. The van der Waals surface area contributed by atoms with Crippen LogP contribution in [-0.2, 0) is 0 Å². The SMILES string of the molecule is CC1CCC(C2CCC(CCC3CCC(c4cc(F)c(C#CC(F)(F)F)c(F)c4)CC3)CC2)CC1. The molecule has 4 rings (SSSR count). The lowest BCUT2D eigenvalue weighted by Crippen LogP contribution is -2.25. The maximum absolute atomic E-state index is 14.3. The Bertz CT molecular complexity index is 861. The highest BCUT2D eigenvalue weighted by atomic mass is 19.4. The summed E-state index contributed by atoms with van der Waals surface area (Å²) >= 11 is 0. The average molecular weight is 495 g/mol. The van der Waals surface area contributed by atoms with Crippen LogP contribution in [0, 0.1) is 53.1 Å². The molecule has 0 heterocycles. The van der Waals surface area contributed by atoms with Crippen LogP contribution in [0.3, 0.4) is 0 Å². The van der Waals surface area contributed by atoms with E-state index in [0.29, 0.717) is 11.5 Å². The molecule has 5 heteroatoms. The van der Waals surface area contributed by atoms with Gasteiger partial charge in [0.1, 0.15) is 11.6 Å². The molecule has 3 aliphatic rings. The normalized spacial score (nSPS) is 32.1. The number of benzene rings is 1. The number of hydrogen-bond acceptors (Lipinski definition) is 0. The molecule has 3 saturated carbocycles. The third-order valence-corrected chi connectivity index (χ3v) is 9.31. The molecule has 35 heavy (non-hydrogen) atoms. The van der Waals surface area contributed by atoms with Crippen molar-refractivity contribution in [2.24, 2.45) is 29.6 Å². The van der Waals surface area contributed by atoms with Gasteiger partial charge in [0.05, 0.1) is 5.56 Å². The van der Waals surface area contributed by atoms with Gasteiger partial charge in [-0.2, -0.15) is 13.2 Å². The molecule has 0 aliphatic heterocycles. The van der Waals surface area contributed by atoms with Gasteiger partial charge in [0.2, 0.25) is 0 Å². The zero-order valence-electron chi connectivity index (χ0n) is 20.9. The van der Waals surface area contributed by atoms with Gasteiger partial charge >= 0.3 is 6.18 Å². The fourth-order valence-electron chi connectivity index (χ4n) is 7.04. The lowest BCUT2D eigenvalue weighted by Gasteiger charge is -2.37. The number of hydrogen-bond donors (Lipinski definition) is 0. The van der Waals surface area contributed by atoms with Crippen molar-refractivity contribution in [3.63, 3.8) is 0 Å². The molecule has 0 aromatic heterocycles. The first kappa shape index (κ1) is 26.5. The predicted molar refractivity (Wildman–Crippen MR) is 130 cm³/mol. The summed E-state index contributed by atoms with van der Waals surface area (Å²) in [5, 5.41) is 0. The number of alkyl halides is 3. The van der Waals surface area contributed by atoms with Gasteiger partial charge in [-0.25, -0.2) is 8.78 Å². The fraction of sp³-hybridized carbons (Fsp3) is 0.733. The molecule has 1 aromatic carbocycles. The number of rotatable bonds is 5. The molecule has 0 nitrogen and oxygen atoms in total. The second-order valence-corrected chi connectivity index (χ2v) is 11.7. The first-order chi connectivity index (χ1) is 16.7. The minimum absolute atomic E-state index is 0.0634. The van der Waals surface area contributed by atoms with Gasteiger partial charge in [-0.3, -0.25) is 0 Å². The van der Waals surface area contributed by atoms with E-state index in [2.05, 4.69) is 6.92 Å². The summed E-state index contributed by atoms with van der Waals surface area (Å²) in [6, 6.07) is 2.36. The predicted octanol–water partition coefficient (Wildman–Crippen LogP) is 9.57. The maximum atomic E-state index is 14.3. The molecular formula is C30H39F5. The molecule has 0 spiro atoms.